The molecule has 1 aromatic heterocycles. The molecule has 2 N–H and O–H groups in total. The number of benzene rings is 1. The second kappa shape index (κ2) is 4.04. The number of rotatable bonds is 1. The van der Waals surface area contributed by atoms with E-state index in [9.17, 15) is 10.2 Å². The molecule has 1 aromatic carbocycles. The molecule has 0 aliphatic heterocycles. The SMILES string of the molecule is Cc1cc(-n2c(O)c3c(c2O)[C@H]2CC[C@@H]3C2)ccc1Br. The highest BCUT2D eigenvalue weighted by atomic mass is 79.9. The Morgan fingerprint density at radius 2 is 1.70 bits per heavy atom. The predicted molar refractivity (Wildman–Crippen MR) is 80.9 cm³/mol. The van der Waals surface area contributed by atoms with Crippen molar-refractivity contribution < 1.29 is 10.2 Å². The number of hydrogen-bond donors (Lipinski definition) is 2. The highest BCUT2D eigenvalue weighted by Gasteiger charge is 2.44. The number of hydrogen-bond acceptors (Lipinski definition) is 2. The van der Waals surface area contributed by atoms with Crippen LogP contribution in [-0.4, -0.2) is 14.8 Å². The summed E-state index contributed by atoms with van der Waals surface area (Å²) in [6.07, 6.45) is 3.36. The Kier molecular flexibility index (Phi) is 2.49. The number of aryl methyl sites for hydroxylation is 1. The molecule has 20 heavy (non-hydrogen) atoms. The van der Waals surface area contributed by atoms with Crippen molar-refractivity contribution in [1.29, 1.82) is 0 Å². The van der Waals surface area contributed by atoms with E-state index < -0.39 is 0 Å². The molecule has 2 aliphatic rings. The highest BCUT2D eigenvalue weighted by Crippen LogP contribution is 2.60. The van der Waals surface area contributed by atoms with Crippen molar-refractivity contribution in [3.63, 3.8) is 0 Å². The lowest BCUT2D eigenvalue weighted by Crippen LogP contribution is -1.96. The lowest BCUT2D eigenvalue weighted by Gasteiger charge is -2.11. The minimum Gasteiger partial charge on any atom is -0.494 e. The summed E-state index contributed by atoms with van der Waals surface area (Å²) in [5.74, 6) is 1.32. The highest BCUT2D eigenvalue weighted by molar-refractivity contribution is 9.10. The molecule has 0 saturated heterocycles. The number of aromatic nitrogens is 1. The number of nitrogens with zero attached hydrogens (tertiary/aromatic N) is 1. The molecule has 0 unspecified atom stereocenters. The first kappa shape index (κ1) is 12.3. The van der Waals surface area contributed by atoms with Crippen LogP contribution in [-0.2, 0) is 0 Å². The molecule has 2 bridgehead atoms. The van der Waals surface area contributed by atoms with Crippen molar-refractivity contribution in [2.45, 2.75) is 38.0 Å². The van der Waals surface area contributed by atoms with Gasteiger partial charge in [0.05, 0.1) is 5.69 Å². The Labute approximate surface area is 126 Å². The van der Waals surface area contributed by atoms with Crippen LogP contribution >= 0.6 is 15.9 Å². The van der Waals surface area contributed by atoms with Gasteiger partial charge in [0.15, 0.2) is 0 Å². The molecule has 1 fully saturated rings. The third kappa shape index (κ3) is 1.46. The first-order valence-corrected chi connectivity index (χ1v) is 7.80. The molecular formula is C16H16BrNO2. The molecule has 0 amide bonds. The molecule has 0 spiro atoms. The summed E-state index contributed by atoms with van der Waals surface area (Å²) >= 11 is 3.48. The van der Waals surface area contributed by atoms with Crippen molar-refractivity contribution in [2.75, 3.05) is 0 Å². The second-order valence-corrected chi connectivity index (χ2v) is 6.80. The Hall–Kier alpha value is -1.42. The van der Waals surface area contributed by atoms with E-state index in [1.807, 2.05) is 25.1 Å². The van der Waals surface area contributed by atoms with E-state index in [4.69, 9.17) is 0 Å². The molecular weight excluding hydrogens is 318 g/mol. The van der Waals surface area contributed by atoms with Gasteiger partial charge in [-0.25, -0.2) is 0 Å². The van der Waals surface area contributed by atoms with Crippen LogP contribution in [0.5, 0.6) is 11.8 Å². The monoisotopic (exact) mass is 333 g/mol. The van der Waals surface area contributed by atoms with Crippen LogP contribution in [0.15, 0.2) is 22.7 Å². The molecule has 4 rings (SSSR count). The largest absolute Gasteiger partial charge is 0.494 e. The van der Waals surface area contributed by atoms with E-state index in [1.165, 1.54) is 0 Å². The zero-order valence-electron chi connectivity index (χ0n) is 11.2. The zero-order chi connectivity index (χ0) is 14.0. The summed E-state index contributed by atoms with van der Waals surface area (Å²) in [7, 11) is 0. The van der Waals surface area contributed by atoms with Crippen LogP contribution < -0.4 is 0 Å². The third-order valence-electron chi connectivity index (χ3n) is 4.84. The van der Waals surface area contributed by atoms with Crippen LogP contribution in [0.1, 0.15) is 47.8 Å². The smallest absolute Gasteiger partial charge is 0.202 e. The summed E-state index contributed by atoms with van der Waals surface area (Å²) in [5, 5.41) is 21.1. The van der Waals surface area contributed by atoms with Gasteiger partial charge in [0.1, 0.15) is 0 Å². The summed E-state index contributed by atoms with van der Waals surface area (Å²) in [4.78, 5) is 0. The van der Waals surface area contributed by atoms with Gasteiger partial charge < -0.3 is 10.2 Å². The van der Waals surface area contributed by atoms with Gasteiger partial charge in [-0.1, -0.05) is 15.9 Å². The fourth-order valence-corrected chi connectivity index (χ4v) is 4.15. The molecule has 104 valence electrons. The van der Waals surface area contributed by atoms with Crippen molar-refractivity contribution >= 4 is 15.9 Å². The van der Waals surface area contributed by atoms with Gasteiger partial charge in [-0.3, -0.25) is 4.57 Å². The van der Waals surface area contributed by atoms with Gasteiger partial charge >= 0.3 is 0 Å². The van der Waals surface area contributed by atoms with Gasteiger partial charge in [-0.2, -0.15) is 0 Å². The number of aromatic hydroxyl groups is 2. The van der Waals surface area contributed by atoms with Crippen molar-refractivity contribution in [3.8, 4) is 17.4 Å². The fourth-order valence-electron chi connectivity index (χ4n) is 3.91. The molecule has 4 heteroatoms. The van der Waals surface area contributed by atoms with Gasteiger partial charge in [-0.15, -0.1) is 0 Å². The lowest BCUT2D eigenvalue weighted by atomic mass is 9.95. The topological polar surface area (TPSA) is 45.4 Å². The van der Waals surface area contributed by atoms with Crippen molar-refractivity contribution in [3.05, 3.63) is 39.4 Å². The Bertz CT molecular complexity index is 686. The van der Waals surface area contributed by atoms with E-state index in [1.54, 1.807) is 4.57 Å². The quantitative estimate of drug-likeness (QED) is 0.816. The first-order valence-electron chi connectivity index (χ1n) is 7.01. The zero-order valence-corrected chi connectivity index (χ0v) is 12.8. The second-order valence-electron chi connectivity index (χ2n) is 5.95. The number of fused-ring (bicyclic) bond motifs is 5. The maximum absolute atomic E-state index is 10.6. The maximum Gasteiger partial charge on any atom is 0.202 e. The average molecular weight is 334 g/mol. The van der Waals surface area contributed by atoms with E-state index in [2.05, 4.69) is 15.9 Å². The normalized spacial score (nSPS) is 23.3. The third-order valence-corrected chi connectivity index (χ3v) is 5.73. The van der Waals surface area contributed by atoms with Crippen LogP contribution in [0, 0.1) is 6.92 Å². The summed E-state index contributed by atoms with van der Waals surface area (Å²) < 4.78 is 2.62. The van der Waals surface area contributed by atoms with Gasteiger partial charge in [-0.05, 0) is 61.8 Å². The van der Waals surface area contributed by atoms with Crippen LogP contribution in [0.2, 0.25) is 0 Å². The van der Waals surface area contributed by atoms with Crippen molar-refractivity contribution in [2.24, 2.45) is 0 Å². The van der Waals surface area contributed by atoms with Gasteiger partial charge in [0.25, 0.3) is 0 Å². The van der Waals surface area contributed by atoms with Crippen LogP contribution in [0.3, 0.4) is 0 Å². The molecule has 2 aliphatic carbocycles. The Morgan fingerprint density at radius 3 is 2.25 bits per heavy atom. The van der Waals surface area contributed by atoms with Crippen molar-refractivity contribution in [1.82, 2.24) is 4.57 Å². The standard InChI is InChI=1S/C16H16BrNO2/c1-8-6-11(4-5-12(8)17)18-15(19)13-9-2-3-10(7-9)14(13)16(18)20/h4-6,9-10,19-20H,2-3,7H2,1H3/t9-,10+. The minimum absolute atomic E-state index is 0.228. The first-order chi connectivity index (χ1) is 9.58. The predicted octanol–water partition coefficient (Wildman–Crippen LogP) is 4.32. The van der Waals surface area contributed by atoms with Crippen LogP contribution in [0.25, 0.3) is 5.69 Å². The lowest BCUT2D eigenvalue weighted by molar-refractivity contribution is 0.394. The van der Waals surface area contributed by atoms with Crippen LogP contribution in [0.4, 0.5) is 0 Å². The molecule has 2 atom stereocenters. The fraction of sp³-hybridized carbons (Fsp3) is 0.375. The van der Waals surface area contributed by atoms with E-state index in [-0.39, 0.29) is 11.8 Å². The maximum atomic E-state index is 10.6. The Morgan fingerprint density at radius 1 is 1.10 bits per heavy atom. The average Bonchev–Trinajstić information content (AvgIpc) is 3.08. The summed E-state index contributed by atoms with van der Waals surface area (Å²) in [5.41, 5.74) is 3.87. The summed E-state index contributed by atoms with van der Waals surface area (Å²) in [6.45, 7) is 2.00. The molecule has 0 radical (unpaired) electrons. The summed E-state index contributed by atoms with van der Waals surface area (Å²) in [6, 6.07) is 5.83. The van der Waals surface area contributed by atoms with E-state index in [0.29, 0.717) is 11.8 Å². The van der Waals surface area contributed by atoms with Gasteiger partial charge in [0, 0.05) is 15.6 Å². The van der Waals surface area contributed by atoms with E-state index >= 15 is 0 Å². The molecule has 1 heterocycles. The number of halogens is 1. The molecule has 3 nitrogen and oxygen atoms in total. The van der Waals surface area contributed by atoms with E-state index in [0.717, 1.165) is 46.1 Å². The molecule has 1 saturated carbocycles. The minimum atomic E-state index is 0.228. The molecule has 2 aromatic rings. The Balaban J connectivity index is 1.94. The van der Waals surface area contributed by atoms with Gasteiger partial charge in [0.2, 0.25) is 11.8 Å².